The Bertz CT molecular complexity index is 1020. The highest BCUT2D eigenvalue weighted by Gasteiger charge is 2.29. The molecule has 3 aromatic carbocycles. The Balaban J connectivity index is 1.48. The van der Waals surface area contributed by atoms with Gasteiger partial charge in [0.2, 0.25) is 0 Å². The monoisotopic (exact) mass is 452 g/mol. The summed E-state index contributed by atoms with van der Waals surface area (Å²) < 4.78 is 34.7. The summed E-state index contributed by atoms with van der Waals surface area (Å²) >= 11 is 0. The van der Waals surface area contributed by atoms with E-state index >= 15 is 0 Å². The predicted molar refractivity (Wildman–Crippen MR) is 122 cm³/mol. The van der Waals surface area contributed by atoms with Crippen LogP contribution >= 0.6 is 0 Å². The van der Waals surface area contributed by atoms with Crippen molar-refractivity contribution in [3.8, 4) is 11.5 Å². The van der Waals surface area contributed by atoms with Crippen LogP contribution in [0.3, 0.4) is 0 Å². The molecule has 1 amide bonds. The summed E-state index contributed by atoms with van der Waals surface area (Å²) in [5.41, 5.74) is 2.80. The fraction of sp³-hybridized carbons (Fsp3) is 0.269. The number of nitrogens with zero attached hydrogens (tertiary/aromatic N) is 2. The largest absolute Gasteiger partial charge is 0.493 e. The van der Waals surface area contributed by atoms with Crippen LogP contribution in [-0.2, 0) is 0 Å². The number of rotatable bonds is 7. The molecule has 0 bridgehead atoms. The predicted octanol–water partition coefficient (Wildman–Crippen LogP) is 4.84. The van der Waals surface area contributed by atoms with E-state index in [0.717, 1.165) is 0 Å². The molecule has 0 spiro atoms. The fourth-order valence-corrected chi connectivity index (χ4v) is 4.24. The normalized spacial score (nSPS) is 14.5. The third-order valence-electron chi connectivity index (χ3n) is 5.82. The van der Waals surface area contributed by atoms with E-state index in [9.17, 15) is 13.6 Å². The lowest BCUT2D eigenvalue weighted by molar-refractivity contribution is -0.0512. The standard InChI is InChI=1S/C26H26F2N2O3/c1-32-23-18-21(12-13-22(23)33-26(27)28)25(31)30-16-14-29(15-17-30)24(19-8-4-2-5-9-19)20-10-6-3-7-11-20/h2-13,18,24,26H,14-17H2,1H3. The molecule has 5 nitrogen and oxygen atoms in total. The van der Waals surface area contributed by atoms with E-state index < -0.39 is 6.61 Å². The summed E-state index contributed by atoms with van der Waals surface area (Å²) in [5, 5.41) is 0. The van der Waals surface area contributed by atoms with Gasteiger partial charge in [-0.3, -0.25) is 9.69 Å². The number of hydrogen-bond donors (Lipinski definition) is 0. The number of benzene rings is 3. The molecule has 0 atom stereocenters. The zero-order chi connectivity index (χ0) is 23.2. The van der Waals surface area contributed by atoms with Crippen LogP contribution in [-0.4, -0.2) is 55.6 Å². The topological polar surface area (TPSA) is 42.0 Å². The lowest BCUT2D eigenvalue weighted by Gasteiger charge is -2.39. The Morgan fingerprint density at radius 1 is 0.818 bits per heavy atom. The Kier molecular flexibility index (Phi) is 7.19. The van der Waals surface area contributed by atoms with Crippen molar-refractivity contribution in [2.45, 2.75) is 12.7 Å². The summed E-state index contributed by atoms with van der Waals surface area (Å²) in [7, 11) is 1.36. The number of amides is 1. The molecule has 172 valence electrons. The van der Waals surface area contributed by atoms with Gasteiger partial charge in [-0.1, -0.05) is 60.7 Å². The molecule has 7 heteroatoms. The van der Waals surface area contributed by atoms with Crippen LogP contribution < -0.4 is 9.47 Å². The molecule has 1 aliphatic heterocycles. The molecule has 1 aliphatic rings. The average molecular weight is 453 g/mol. The molecule has 1 fully saturated rings. The number of ether oxygens (including phenoxy) is 2. The summed E-state index contributed by atoms with van der Waals surface area (Å²) in [5.74, 6) is -0.150. The maximum Gasteiger partial charge on any atom is 0.387 e. The minimum atomic E-state index is -2.96. The van der Waals surface area contributed by atoms with Crippen molar-refractivity contribution in [3.63, 3.8) is 0 Å². The number of carbonyl (C=O) groups excluding carboxylic acids is 1. The number of halogens is 2. The molecule has 0 saturated carbocycles. The maximum atomic E-state index is 13.1. The van der Waals surface area contributed by atoms with Gasteiger partial charge in [-0.05, 0) is 29.3 Å². The van der Waals surface area contributed by atoms with Crippen molar-refractivity contribution in [2.75, 3.05) is 33.3 Å². The maximum absolute atomic E-state index is 13.1. The van der Waals surface area contributed by atoms with E-state index in [1.54, 1.807) is 4.90 Å². The second-order valence-corrected chi connectivity index (χ2v) is 7.80. The van der Waals surface area contributed by atoms with Crippen molar-refractivity contribution in [1.82, 2.24) is 9.80 Å². The molecule has 0 aromatic heterocycles. The van der Waals surface area contributed by atoms with Gasteiger partial charge in [0, 0.05) is 31.7 Å². The van der Waals surface area contributed by atoms with Crippen LogP contribution in [0.15, 0.2) is 78.9 Å². The first-order valence-corrected chi connectivity index (χ1v) is 10.8. The van der Waals surface area contributed by atoms with E-state index in [4.69, 9.17) is 4.74 Å². The Morgan fingerprint density at radius 3 is 1.91 bits per heavy atom. The van der Waals surface area contributed by atoms with E-state index in [-0.39, 0.29) is 23.4 Å². The van der Waals surface area contributed by atoms with Gasteiger partial charge in [-0.2, -0.15) is 8.78 Å². The zero-order valence-corrected chi connectivity index (χ0v) is 18.4. The van der Waals surface area contributed by atoms with Crippen molar-refractivity contribution < 1.29 is 23.0 Å². The lowest BCUT2D eigenvalue weighted by atomic mass is 9.96. The molecule has 0 aliphatic carbocycles. The molecule has 4 rings (SSSR count). The Labute approximate surface area is 192 Å². The quantitative estimate of drug-likeness (QED) is 0.514. The first-order valence-electron chi connectivity index (χ1n) is 10.8. The van der Waals surface area contributed by atoms with Crippen LogP contribution in [0.25, 0.3) is 0 Å². The summed E-state index contributed by atoms with van der Waals surface area (Å²) in [6.45, 7) is -0.414. The van der Waals surface area contributed by atoms with Crippen molar-refractivity contribution in [1.29, 1.82) is 0 Å². The molecule has 0 radical (unpaired) electrons. The number of hydrogen-bond acceptors (Lipinski definition) is 4. The fourth-order valence-electron chi connectivity index (χ4n) is 4.24. The van der Waals surface area contributed by atoms with Crippen LogP contribution in [0.1, 0.15) is 27.5 Å². The minimum absolute atomic E-state index is 0.0950. The third kappa shape index (κ3) is 5.31. The second-order valence-electron chi connectivity index (χ2n) is 7.80. The third-order valence-corrected chi connectivity index (χ3v) is 5.82. The Morgan fingerprint density at radius 2 is 1.39 bits per heavy atom. The highest BCUT2D eigenvalue weighted by Crippen LogP contribution is 2.32. The number of carbonyl (C=O) groups is 1. The molecule has 33 heavy (non-hydrogen) atoms. The van der Waals surface area contributed by atoms with Gasteiger partial charge in [0.1, 0.15) is 0 Å². The van der Waals surface area contributed by atoms with Gasteiger partial charge >= 0.3 is 6.61 Å². The average Bonchev–Trinajstić information content (AvgIpc) is 2.85. The molecule has 0 unspecified atom stereocenters. The molecular formula is C26H26F2N2O3. The van der Waals surface area contributed by atoms with Crippen molar-refractivity contribution in [3.05, 3.63) is 95.6 Å². The number of piperazine rings is 1. The summed E-state index contributed by atoms with van der Waals surface area (Å²) in [4.78, 5) is 17.2. The van der Waals surface area contributed by atoms with E-state index in [1.807, 2.05) is 36.4 Å². The first kappa shape index (κ1) is 22.7. The zero-order valence-electron chi connectivity index (χ0n) is 18.4. The smallest absolute Gasteiger partial charge is 0.387 e. The minimum Gasteiger partial charge on any atom is -0.493 e. The molecule has 1 saturated heterocycles. The van der Waals surface area contributed by atoms with Crippen LogP contribution in [0.2, 0.25) is 0 Å². The Hall–Kier alpha value is -3.45. The van der Waals surface area contributed by atoms with E-state index in [2.05, 4.69) is 33.9 Å². The van der Waals surface area contributed by atoms with Crippen LogP contribution in [0.4, 0.5) is 8.78 Å². The molecule has 3 aromatic rings. The van der Waals surface area contributed by atoms with E-state index in [1.165, 1.54) is 36.4 Å². The number of alkyl halides is 2. The molecular weight excluding hydrogens is 426 g/mol. The summed E-state index contributed by atoms with van der Waals surface area (Å²) in [6, 6.07) is 25.1. The van der Waals surface area contributed by atoms with Gasteiger partial charge < -0.3 is 14.4 Å². The first-order chi connectivity index (χ1) is 16.1. The van der Waals surface area contributed by atoms with Gasteiger partial charge in [-0.25, -0.2) is 0 Å². The highest BCUT2D eigenvalue weighted by atomic mass is 19.3. The summed E-state index contributed by atoms with van der Waals surface area (Å²) in [6.07, 6.45) is 0. The van der Waals surface area contributed by atoms with Crippen LogP contribution in [0.5, 0.6) is 11.5 Å². The van der Waals surface area contributed by atoms with Crippen molar-refractivity contribution >= 4 is 5.91 Å². The SMILES string of the molecule is COc1cc(C(=O)N2CCN(C(c3ccccc3)c3ccccc3)CC2)ccc1OC(F)F. The lowest BCUT2D eigenvalue weighted by Crippen LogP contribution is -2.49. The van der Waals surface area contributed by atoms with Gasteiger partial charge in [0.15, 0.2) is 11.5 Å². The van der Waals surface area contributed by atoms with Gasteiger partial charge in [0.05, 0.1) is 13.2 Å². The number of methoxy groups -OCH3 is 1. The van der Waals surface area contributed by atoms with Crippen LogP contribution in [0, 0.1) is 0 Å². The van der Waals surface area contributed by atoms with E-state index in [0.29, 0.717) is 31.7 Å². The van der Waals surface area contributed by atoms with Crippen molar-refractivity contribution in [2.24, 2.45) is 0 Å². The molecule has 0 N–H and O–H groups in total. The highest BCUT2D eigenvalue weighted by molar-refractivity contribution is 5.95. The van der Waals surface area contributed by atoms with Gasteiger partial charge in [-0.15, -0.1) is 0 Å². The second kappa shape index (κ2) is 10.4. The van der Waals surface area contributed by atoms with Gasteiger partial charge in [0.25, 0.3) is 5.91 Å². The molecule has 1 heterocycles.